The Labute approximate surface area is 62.8 Å². The number of aliphatic hydroxyl groups is 1. The quantitative estimate of drug-likeness (QED) is 0.553. The summed E-state index contributed by atoms with van der Waals surface area (Å²) in [6.07, 6.45) is 4.53. The lowest BCUT2D eigenvalue weighted by molar-refractivity contribution is 0.0876. The maximum atomic E-state index is 9.72. The van der Waals surface area contributed by atoms with E-state index in [1.807, 2.05) is 0 Å². The van der Waals surface area contributed by atoms with Crippen LogP contribution in [0.2, 0.25) is 0 Å². The van der Waals surface area contributed by atoms with E-state index in [2.05, 4.69) is 20.4 Å². The standard InChI is InChI=1S/C9H16O/c1-4-9(10)6-5-8(2,3)7-9/h4,10H,1,5-7H2,2-3H3/t9-/m1/s1. The van der Waals surface area contributed by atoms with Crippen molar-refractivity contribution in [3.63, 3.8) is 0 Å². The Morgan fingerprint density at radius 2 is 2.00 bits per heavy atom. The lowest BCUT2D eigenvalue weighted by Gasteiger charge is -2.20. The maximum absolute atomic E-state index is 9.72. The molecule has 0 heterocycles. The molecule has 0 aliphatic heterocycles. The van der Waals surface area contributed by atoms with Crippen molar-refractivity contribution in [2.24, 2.45) is 5.41 Å². The molecule has 0 aromatic rings. The molecule has 1 aliphatic carbocycles. The van der Waals surface area contributed by atoms with Gasteiger partial charge in [-0.3, -0.25) is 0 Å². The van der Waals surface area contributed by atoms with Gasteiger partial charge in [-0.05, 0) is 24.7 Å². The third-order valence-corrected chi connectivity index (χ3v) is 2.40. The molecule has 0 unspecified atom stereocenters. The third kappa shape index (κ3) is 1.40. The van der Waals surface area contributed by atoms with Crippen LogP contribution in [0.25, 0.3) is 0 Å². The van der Waals surface area contributed by atoms with Crippen molar-refractivity contribution in [1.29, 1.82) is 0 Å². The number of hydrogen-bond donors (Lipinski definition) is 1. The second kappa shape index (κ2) is 2.09. The van der Waals surface area contributed by atoms with Crippen LogP contribution in [0.1, 0.15) is 33.1 Å². The average molecular weight is 140 g/mol. The molecule has 0 aromatic carbocycles. The predicted molar refractivity (Wildman–Crippen MR) is 42.8 cm³/mol. The molecule has 0 spiro atoms. The number of rotatable bonds is 1. The molecule has 0 amide bonds. The predicted octanol–water partition coefficient (Wildman–Crippen LogP) is 2.11. The highest BCUT2D eigenvalue weighted by Crippen LogP contribution is 2.43. The SMILES string of the molecule is C=C[C@@]1(O)CCC(C)(C)C1. The lowest BCUT2D eigenvalue weighted by Crippen LogP contribution is -2.22. The van der Waals surface area contributed by atoms with Crippen molar-refractivity contribution in [3.05, 3.63) is 12.7 Å². The van der Waals surface area contributed by atoms with Crippen LogP contribution < -0.4 is 0 Å². The van der Waals surface area contributed by atoms with Gasteiger partial charge in [0.05, 0.1) is 5.60 Å². The van der Waals surface area contributed by atoms with Gasteiger partial charge in [-0.1, -0.05) is 19.9 Å². The Hall–Kier alpha value is -0.300. The van der Waals surface area contributed by atoms with Crippen molar-refractivity contribution in [2.75, 3.05) is 0 Å². The molecule has 1 aliphatic rings. The van der Waals surface area contributed by atoms with Gasteiger partial charge >= 0.3 is 0 Å². The van der Waals surface area contributed by atoms with Crippen LogP contribution in [0.3, 0.4) is 0 Å². The summed E-state index contributed by atoms with van der Waals surface area (Å²) in [6, 6.07) is 0. The zero-order chi connectivity index (χ0) is 7.83. The first-order valence-electron chi connectivity index (χ1n) is 3.83. The first-order chi connectivity index (χ1) is 4.47. The second-order valence-corrected chi connectivity index (χ2v) is 4.15. The Morgan fingerprint density at radius 3 is 2.20 bits per heavy atom. The van der Waals surface area contributed by atoms with Crippen molar-refractivity contribution >= 4 is 0 Å². The second-order valence-electron chi connectivity index (χ2n) is 4.15. The van der Waals surface area contributed by atoms with E-state index in [1.54, 1.807) is 6.08 Å². The summed E-state index contributed by atoms with van der Waals surface area (Å²) < 4.78 is 0. The summed E-state index contributed by atoms with van der Waals surface area (Å²) in [5.41, 5.74) is -0.257. The minimum atomic E-state index is -0.566. The van der Waals surface area contributed by atoms with Gasteiger partial charge in [-0.15, -0.1) is 6.58 Å². The monoisotopic (exact) mass is 140 g/mol. The van der Waals surface area contributed by atoms with Crippen LogP contribution in [-0.2, 0) is 0 Å². The molecule has 58 valence electrons. The molecule has 0 bridgehead atoms. The van der Waals surface area contributed by atoms with Crippen molar-refractivity contribution in [1.82, 2.24) is 0 Å². The zero-order valence-corrected chi connectivity index (χ0v) is 6.85. The fourth-order valence-electron chi connectivity index (χ4n) is 1.73. The molecule has 1 heteroatoms. The van der Waals surface area contributed by atoms with Crippen LogP contribution in [0.5, 0.6) is 0 Å². The smallest absolute Gasteiger partial charge is 0.0830 e. The summed E-state index contributed by atoms with van der Waals surface area (Å²) in [5, 5.41) is 9.72. The van der Waals surface area contributed by atoms with E-state index in [-0.39, 0.29) is 0 Å². The van der Waals surface area contributed by atoms with E-state index >= 15 is 0 Å². The van der Waals surface area contributed by atoms with Crippen LogP contribution >= 0.6 is 0 Å². The average Bonchev–Trinajstić information content (AvgIpc) is 2.08. The fourth-order valence-corrected chi connectivity index (χ4v) is 1.73. The lowest BCUT2D eigenvalue weighted by atomic mass is 9.89. The van der Waals surface area contributed by atoms with Gasteiger partial charge in [0.15, 0.2) is 0 Å². The summed E-state index contributed by atoms with van der Waals surface area (Å²) >= 11 is 0. The van der Waals surface area contributed by atoms with Crippen LogP contribution in [-0.4, -0.2) is 10.7 Å². The third-order valence-electron chi connectivity index (χ3n) is 2.40. The molecule has 1 fully saturated rings. The highest BCUT2D eigenvalue weighted by molar-refractivity contribution is 5.04. The first kappa shape index (κ1) is 7.80. The molecule has 0 aromatic heterocycles. The maximum Gasteiger partial charge on any atom is 0.0830 e. The molecule has 1 N–H and O–H groups in total. The zero-order valence-electron chi connectivity index (χ0n) is 6.85. The molecular formula is C9H16O. The van der Waals surface area contributed by atoms with Crippen LogP contribution in [0.4, 0.5) is 0 Å². The normalized spacial score (nSPS) is 37.9. The fraction of sp³-hybridized carbons (Fsp3) is 0.778. The van der Waals surface area contributed by atoms with E-state index < -0.39 is 5.60 Å². The van der Waals surface area contributed by atoms with Crippen LogP contribution in [0, 0.1) is 5.41 Å². The van der Waals surface area contributed by atoms with E-state index in [0.717, 1.165) is 19.3 Å². The van der Waals surface area contributed by atoms with Gasteiger partial charge in [0, 0.05) is 0 Å². The van der Waals surface area contributed by atoms with E-state index in [1.165, 1.54) is 0 Å². The molecule has 0 saturated heterocycles. The molecule has 1 rings (SSSR count). The van der Waals surface area contributed by atoms with Gasteiger partial charge in [-0.2, -0.15) is 0 Å². The van der Waals surface area contributed by atoms with E-state index in [9.17, 15) is 5.11 Å². The highest BCUT2D eigenvalue weighted by atomic mass is 16.3. The molecule has 0 radical (unpaired) electrons. The summed E-state index contributed by atoms with van der Waals surface area (Å²) in [4.78, 5) is 0. The Balaban J connectivity index is 2.66. The number of hydrogen-bond acceptors (Lipinski definition) is 1. The first-order valence-corrected chi connectivity index (χ1v) is 3.83. The Kier molecular flexibility index (Phi) is 1.63. The summed E-state index contributed by atoms with van der Waals surface area (Å²) in [7, 11) is 0. The molecule has 10 heavy (non-hydrogen) atoms. The van der Waals surface area contributed by atoms with Gasteiger partial charge in [0.25, 0.3) is 0 Å². The minimum Gasteiger partial charge on any atom is -0.386 e. The molecule has 1 saturated carbocycles. The topological polar surface area (TPSA) is 20.2 Å². The Morgan fingerprint density at radius 1 is 1.40 bits per heavy atom. The van der Waals surface area contributed by atoms with Gasteiger partial charge in [0.2, 0.25) is 0 Å². The molecule has 1 nitrogen and oxygen atoms in total. The van der Waals surface area contributed by atoms with Crippen LogP contribution in [0.15, 0.2) is 12.7 Å². The Bertz CT molecular complexity index is 149. The minimum absolute atomic E-state index is 0.308. The van der Waals surface area contributed by atoms with Crippen molar-refractivity contribution < 1.29 is 5.11 Å². The largest absolute Gasteiger partial charge is 0.386 e. The highest BCUT2D eigenvalue weighted by Gasteiger charge is 2.39. The van der Waals surface area contributed by atoms with Crippen molar-refractivity contribution in [3.8, 4) is 0 Å². The van der Waals surface area contributed by atoms with Crippen molar-refractivity contribution in [2.45, 2.75) is 38.7 Å². The van der Waals surface area contributed by atoms with Gasteiger partial charge < -0.3 is 5.11 Å². The molecular weight excluding hydrogens is 124 g/mol. The van der Waals surface area contributed by atoms with E-state index in [4.69, 9.17) is 0 Å². The van der Waals surface area contributed by atoms with E-state index in [0.29, 0.717) is 5.41 Å². The summed E-state index contributed by atoms with van der Waals surface area (Å²) in [6.45, 7) is 8.01. The van der Waals surface area contributed by atoms with Gasteiger partial charge in [-0.25, -0.2) is 0 Å². The summed E-state index contributed by atoms with van der Waals surface area (Å²) in [5.74, 6) is 0. The molecule has 1 atom stereocenters. The van der Waals surface area contributed by atoms with Gasteiger partial charge in [0.1, 0.15) is 0 Å².